The molecule has 0 aliphatic rings. The van der Waals surface area contributed by atoms with Crippen molar-refractivity contribution in [1.29, 1.82) is 0 Å². The van der Waals surface area contributed by atoms with E-state index in [1.54, 1.807) is 13.0 Å². The minimum absolute atomic E-state index is 0.0804. The molecule has 0 unspecified atom stereocenters. The van der Waals surface area contributed by atoms with Crippen molar-refractivity contribution in [2.75, 3.05) is 5.88 Å². The molecule has 0 atom stereocenters. The lowest BCUT2D eigenvalue weighted by Gasteiger charge is -2.22. The molecular weight excluding hydrogens is 248 g/mol. The number of ketones is 2. The van der Waals surface area contributed by atoms with Crippen LogP contribution in [-0.2, 0) is 10.2 Å². The fraction of sp³-hybridized carbons (Fsp3) is 0.467. The van der Waals surface area contributed by atoms with Gasteiger partial charge in [-0.2, -0.15) is 0 Å². The van der Waals surface area contributed by atoms with Crippen molar-refractivity contribution in [2.45, 2.75) is 39.0 Å². The molecule has 0 bridgehead atoms. The molecule has 18 heavy (non-hydrogen) atoms. The van der Waals surface area contributed by atoms with E-state index in [0.717, 1.165) is 5.56 Å². The van der Waals surface area contributed by atoms with Gasteiger partial charge in [-0.15, -0.1) is 11.6 Å². The fourth-order valence-corrected chi connectivity index (χ4v) is 1.79. The lowest BCUT2D eigenvalue weighted by Crippen LogP contribution is -2.26. The number of benzene rings is 1. The minimum Gasteiger partial charge on any atom is -0.299 e. The molecule has 0 amide bonds. The summed E-state index contributed by atoms with van der Waals surface area (Å²) in [6, 6.07) is 7.32. The summed E-state index contributed by atoms with van der Waals surface area (Å²) in [6.45, 7) is 5.32. The summed E-state index contributed by atoms with van der Waals surface area (Å²) in [6.07, 6.45) is 1.13. The molecule has 0 saturated heterocycles. The Hall–Kier alpha value is -1.15. The zero-order valence-electron chi connectivity index (χ0n) is 11.1. The molecule has 3 heteroatoms. The lowest BCUT2D eigenvalue weighted by atomic mass is 9.80. The SMILES string of the molecule is CC(=O)C(C)(C)c1cccc(C(=O)CCCCl)c1. The second-order valence-electron chi connectivity index (χ2n) is 4.98. The van der Waals surface area contributed by atoms with Crippen LogP contribution in [0.2, 0.25) is 0 Å². The van der Waals surface area contributed by atoms with Gasteiger partial charge < -0.3 is 0 Å². The van der Waals surface area contributed by atoms with Crippen LogP contribution in [0.1, 0.15) is 49.5 Å². The first-order chi connectivity index (χ1) is 8.39. The van der Waals surface area contributed by atoms with Gasteiger partial charge in [-0.1, -0.05) is 18.2 Å². The molecule has 0 radical (unpaired) electrons. The summed E-state index contributed by atoms with van der Waals surface area (Å²) < 4.78 is 0. The molecule has 98 valence electrons. The third kappa shape index (κ3) is 3.42. The maximum absolute atomic E-state index is 11.9. The second-order valence-corrected chi connectivity index (χ2v) is 5.36. The number of Topliss-reactive ketones (excluding diaryl/α,β-unsaturated/α-hetero) is 2. The highest BCUT2D eigenvalue weighted by atomic mass is 35.5. The number of hydrogen-bond acceptors (Lipinski definition) is 2. The van der Waals surface area contributed by atoms with Crippen LogP contribution in [0.4, 0.5) is 0 Å². The topological polar surface area (TPSA) is 34.1 Å². The molecular formula is C15H19ClO2. The summed E-state index contributed by atoms with van der Waals surface area (Å²) in [7, 11) is 0. The second kappa shape index (κ2) is 6.14. The van der Waals surface area contributed by atoms with Crippen molar-refractivity contribution in [3.05, 3.63) is 35.4 Å². The van der Waals surface area contributed by atoms with Crippen molar-refractivity contribution in [3.63, 3.8) is 0 Å². The fourth-order valence-electron chi connectivity index (χ4n) is 1.66. The number of carbonyl (C=O) groups is 2. The molecule has 0 saturated carbocycles. The monoisotopic (exact) mass is 266 g/mol. The Bertz CT molecular complexity index is 450. The molecule has 0 aliphatic heterocycles. The molecule has 0 aromatic heterocycles. The van der Waals surface area contributed by atoms with Crippen LogP contribution in [0.15, 0.2) is 24.3 Å². The van der Waals surface area contributed by atoms with Gasteiger partial charge in [0.05, 0.1) is 0 Å². The first-order valence-corrected chi connectivity index (χ1v) is 6.63. The van der Waals surface area contributed by atoms with Crippen LogP contribution in [0.3, 0.4) is 0 Å². The Morgan fingerprint density at radius 3 is 2.50 bits per heavy atom. The van der Waals surface area contributed by atoms with Crippen molar-refractivity contribution in [2.24, 2.45) is 0 Å². The average molecular weight is 267 g/mol. The van der Waals surface area contributed by atoms with E-state index >= 15 is 0 Å². The van der Waals surface area contributed by atoms with Crippen LogP contribution in [0, 0.1) is 0 Å². The maximum atomic E-state index is 11.9. The largest absolute Gasteiger partial charge is 0.299 e. The molecule has 0 aliphatic carbocycles. The maximum Gasteiger partial charge on any atom is 0.162 e. The van der Waals surface area contributed by atoms with Gasteiger partial charge in [0.25, 0.3) is 0 Å². The van der Waals surface area contributed by atoms with Crippen molar-refractivity contribution in [3.8, 4) is 0 Å². The number of carbonyl (C=O) groups excluding carboxylic acids is 2. The molecule has 0 fully saturated rings. The van der Waals surface area contributed by atoms with E-state index in [2.05, 4.69) is 0 Å². The molecule has 1 aromatic rings. The highest BCUT2D eigenvalue weighted by Crippen LogP contribution is 2.25. The highest BCUT2D eigenvalue weighted by Gasteiger charge is 2.26. The van der Waals surface area contributed by atoms with Crippen molar-refractivity contribution in [1.82, 2.24) is 0 Å². The number of halogens is 1. The van der Waals surface area contributed by atoms with Gasteiger partial charge in [-0.05, 0) is 38.8 Å². The van der Waals surface area contributed by atoms with E-state index < -0.39 is 5.41 Å². The average Bonchev–Trinajstić information content (AvgIpc) is 2.35. The Balaban J connectivity index is 2.99. The zero-order chi connectivity index (χ0) is 13.8. The molecule has 0 N–H and O–H groups in total. The smallest absolute Gasteiger partial charge is 0.162 e. The van der Waals surface area contributed by atoms with Crippen LogP contribution >= 0.6 is 11.6 Å². The van der Waals surface area contributed by atoms with E-state index in [0.29, 0.717) is 24.3 Å². The van der Waals surface area contributed by atoms with Crippen LogP contribution in [0.25, 0.3) is 0 Å². The van der Waals surface area contributed by atoms with E-state index in [4.69, 9.17) is 11.6 Å². The van der Waals surface area contributed by atoms with Gasteiger partial charge in [-0.3, -0.25) is 9.59 Å². The molecule has 0 heterocycles. The van der Waals surface area contributed by atoms with Gasteiger partial charge in [0, 0.05) is 23.3 Å². The van der Waals surface area contributed by atoms with Crippen molar-refractivity contribution < 1.29 is 9.59 Å². The highest BCUT2D eigenvalue weighted by molar-refractivity contribution is 6.18. The zero-order valence-corrected chi connectivity index (χ0v) is 11.9. The van der Waals surface area contributed by atoms with Gasteiger partial charge in [0.2, 0.25) is 0 Å². The number of alkyl halides is 1. The van der Waals surface area contributed by atoms with E-state index in [1.165, 1.54) is 0 Å². The standard InChI is InChI=1S/C15H19ClO2/c1-11(17)15(2,3)13-7-4-6-12(10-13)14(18)8-5-9-16/h4,6-7,10H,5,8-9H2,1-3H3. The van der Waals surface area contributed by atoms with Crippen molar-refractivity contribution >= 4 is 23.2 Å². The number of hydrogen-bond donors (Lipinski definition) is 0. The van der Waals surface area contributed by atoms with Crippen LogP contribution < -0.4 is 0 Å². The Morgan fingerprint density at radius 1 is 1.28 bits per heavy atom. The third-order valence-electron chi connectivity index (χ3n) is 3.32. The normalized spacial score (nSPS) is 11.3. The summed E-state index contributed by atoms with van der Waals surface area (Å²) >= 11 is 5.58. The van der Waals surface area contributed by atoms with E-state index in [9.17, 15) is 9.59 Å². The van der Waals surface area contributed by atoms with E-state index in [1.807, 2.05) is 32.0 Å². The first-order valence-electron chi connectivity index (χ1n) is 6.10. The number of rotatable bonds is 6. The Morgan fingerprint density at radius 2 is 1.94 bits per heavy atom. The van der Waals surface area contributed by atoms with Gasteiger partial charge >= 0.3 is 0 Å². The Kier molecular flexibility index (Phi) is 5.09. The predicted octanol–water partition coefficient (Wildman–Crippen LogP) is 3.75. The molecule has 2 nitrogen and oxygen atoms in total. The molecule has 1 rings (SSSR count). The molecule has 0 spiro atoms. The van der Waals surface area contributed by atoms with Crippen LogP contribution in [-0.4, -0.2) is 17.4 Å². The van der Waals surface area contributed by atoms with Crippen LogP contribution in [0.5, 0.6) is 0 Å². The quantitative estimate of drug-likeness (QED) is 0.580. The summed E-state index contributed by atoms with van der Waals surface area (Å²) in [5, 5.41) is 0. The summed E-state index contributed by atoms with van der Waals surface area (Å²) in [5.74, 6) is 0.661. The molecule has 1 aromatic carbocycles. The Labute approximate surface area is 113 Å². The third-order valence-corrected chi connectivity index (χ3v) is 3.59. The van der Waals surface area contributed by atoms with Gasteiger partial charge in [0.1, 0.15) is 5.78 Å². The van der Waals surface area contributed by atoms with Gasteiger partial charge in [0.15, 0.2) is 5.78 Å². The summed E-state index contributed by atoms with van der Waals surface area (Å²) in [4.78, 5) is 23.5. The summed E-state index contributed by atoms with van der Waals surface area (Å²) in [5.41, 5.74) is 0.988. The van der Waals surface area contributed by atoms with E-state index in [-0.39, 0.29) is 11.6 Å². The minimum atomic E-state index is -0.553. The van der Waals surface area contributed by atoms with Gasteiger partial charge in [-0.25, -0.2) is 0 Å². The predicted molar refractivity (Wildman–Crippen MR) is 74.4 cm³/mol. The first kappa shape index (κ1) is 14.9. The lowest BCUT2D eigenvalue weighted by molar-refractivity contribution is -0.121.